The Bertz CT molecular complexity index is 646. The molecule has 0 amide bonds. The minimum atomic E-state index is 0.242. The van der Waals surface area contributed by atoms with E-state index in [1.165, 1.54) is 5.56 Å². The lowest BCUT2D eigenvalue weighted by Crippen LogP contribution is -2.28. The average Bonchev–Trinajstić information content (AvgIpc) is 3.03. The van der Waals surface area contributed by atoms with Gasteiger partial charge >= 0.3 is 0 Å². The maximum atomic E-state index is 5.77. The molecule has 0 saturated heterocycles. The van der Waals surface area contributed by atoms with Gasteiger partial charge in [-0.25, -0.2) is 0 Å². The summed E-state index contributed by atoms with van der Waals surface area (Å²) in [5, 5.41) is 0. The second-order valence-electron chi connectivity index (χ2n) is 5.52. The molecule has 1 aliphatic heterocycles. The van der Waals surface area contributed by atoms with Crippen LogP contribution in [-0.4, -0.2) is 31.9 Å². The predicted octanol–water partition coefficient (Wildman–Crippen LogP) is 2.38. The third kappa shape index (κ3) is 3.75. The molecule has 2 aromatic rings. The lowest BCUT2D eigenvalue weighted by molar-refractivity contribution is 0.171. The fourth-order valence-corrected chi connectivity index (χ4v) is 2.77. The standard InChI is InChI=1S/C18H22N2O3/c1-21-16-9-15(10-17-18(16)23-13-22-17)12-20(8-7-19)11-14-5-3-2-4-6-14/h2-6,9-10H,7-8,11-13,19H2,1H3. The Hall–Kier alpha value is -2.24. The van der Waals surface area contributed by atoms with Gasteiger partial charge in [0.2, 0.25) is 12.5 Å². The highest BCUT2D eigenvalue weighted by Gasteiger charge is 2.20. The van der Waals surface area contributed by atoms with Crippen molar-refractivity contribution in [2.45, 2.75) is 13.1 Å². The number of fused-ring (bicyclic) bond motifs is 1. The molecule has 0 atom stereocenters. The third-order valence-electron chi connectivity index (χ3n) is 3.82. The van der Waals surface area contributed by atoms with Crippen molar-refractivity contribution >= 4 is 0 Å². The summed E-state index contributed by atoms with van der Waals surface area (Å²) in [4.78, 5) is 2.31. The van der Waals surface area contributed by atoms with Gasteiger partial charge in [-0.05, 0) is 23.3 Å². The first-order chi connectivity index (χ1) is 11.3. The van der Waals surface area contributed by atoms with Gasteiger partial charge in [0.25, 0.3) is 0 Å². The van der Waals surface area contributed by atoms with Crippen LogP contribution in [0.4, 0.5) is 0 Å². The van der Waals surface area contributed by atoms with Gasteiger partial charge in [0.05, 0.1) is 7.11 Å². The SMILES string of the molecule is COc1cc(CN(CCN)Cc2ccccc2)cc2c1OCO2. The highest BCUT2D eigenvalue weighted by atomic mass is 16.7. The van der Waals surface area contributed by atoms with Crippen molar-refractivity contribution in [3.63, 3.8) is 0 Å². The van der Waals surface area contributed by atoms with Gasteiger partial charge in [0.1, 0.15) is 0 Å². The number of benzene rings is 2. The van der Waals surface area contributed by atoms with Crippen LogP contribution in [0.3, 0.4) is 0 Å². The van der Waals surface area contributed by atoms with Crippen molar-refractivity contribution in [3.8, 4) is 17.2 Å². The van der Waals surface area contributed by atoms with Crippen molar-refractivity contribution < 1.29 is 14.2 Å². The van der Waals surface area contributed by atoms with Crippen LogP contribution >= 0.6 is 0 Å². The summed E-state index contributed by atoms with van der Waals surface area (Å²) < 4.78 is 16.3. The molecule has 23 heavy (non-hydrogen) atoms. The van der Waals surface area contributed by atoms with E-state index in [1.54, 1.807) is 7.11 Å². The Morgan fingerprint density at radius 3 is 2.61 bits per heavy atom. The second kappa shape index (κ2) is 7.35. The molecule has 0 saturated carbocycles. The van der Waals surface area contributed by atoms with Crippen LogP contribution in [0, 0.1) is 0 Å². The van der Waals surface area contributed by atoms with Crippen LogP contribution in [0.25, 0.3) is 0 Å². The van der Waals surface area contributed by atoms with Crippen LogP contribution in [0.2, 0.25) is 0 Å². The number of methoxy groups -OCH3 is 1. The van der Waals surface area contributed by atoms with Crippen molar-refractivity contribution in [2.24, 2.45) is 5.73 Å². The smallest absolute Gasteiger partial charge is 0.231 e. The van der Waals surface area contributed by atoms with E-state index in [0.717, 1.165) is 30.9 Å². The largest absolute Gasteiger partial charge is 0.493 e. The van der Waals surface area contributed by atoms with Gasteiger partial charge in [-0.2, -0.15) is 0 Å². The zero-order valence-electron chi connectivity index (χ0n) is 13.3. The van der Waals surface area contributed by atoms with Gasteiger partial charge < -0.3 is 19.9 Å². The van der Waals surface area contributed by atoms with Gasteiger partial charge in [0.15, 0.2) is 11.5 Å². The lowest BCUT2D eigenvalue weighted by Gasteiger charge is -2.22. The van der Waals surface area contributed by atoms with E-state index in [0.29, 0.717) is 18.0 Å². The van der Waals surface area contributed by atoms with Crippen molar-refractivity contribution in [2.75, 3.05) is 27.0 Å². The molecule has 2 N–H and O–H groups in total. The molecule has 0 aromatic heterocycles. The monoisotopic (exact) mass is 314 g/mol. The van der Waals surface area contributed by atoms with Crippen molar-refractivity contribution in [1.29, 1.82) is 0 Å². The third-order valence-corrected chi connectivity index (χ3v) is 3.82. The Morgan fingerprint density at radius 2 is 1.87 bits per heavy atom. The van der Waals surface area contributed by atoms with E-state index in [2.05, 4.69) is 29.2 Å². The van der Waals surface area contributed by atoms with Gasteiger partial charge in [-0.1, -0.05) is 30.3 Å². The molecular weight excluding hydrogens is 292 g/mol. The van der Waals surface area contributed by atoms with Crippen LogP contribution in [0.1, 0.15) is 11.1 Å². The molecule has 0 spiro atoms. The molecule has 1 heterocycles. The normalized spacial score (nSPS) is 12.7. The first-order valence-electron chi connectivity index (χ1n) is 7.73. The molecule has 0 fully saturated rings. The van der Waals surface area contributed by atoms with E-state index in [-0.39, 0.29) is 6.79 Å². The van der Waals surface area contributed by atoms with E-state index < -0.39 is 0 Å². The molecule has 0 bridgehead atoms. The summed E-state index contributed by atoms with van der Waals surface area (Å²) in [6, 6.07) is 14.4. The fourth-order valence-electron chi connectivity index (χ4n) is 2.77. The first kappa shape index (κ1) is 15.6. The number of nitrogens with zero attached hydrogens (tertiary/aromatic N) is 1. The summed E-state index contributed by atoms with van der Waals surface area (Å²) in [6.07, 6.45) is 0. The average molecular weight is 314 g/mol. The van der Waals surface area contributed by atoms with Gasteiger partial charge in [-0.3, -0.25) is 4.90 Å². The molecular formula is C18H22N2O3. The van der Waals surface area contributed by atoms with Gasteiger partial charge in [0, 0.05) is 26.2 Å². The van der Waals surface area contributed by atoms with E-state index in [9.17, 15) is 0 Å². The molecule has 0 unspecified atom stereocenters. The Labute approximate surface area is 136 Å². The second-order valence-corrected chi connectivity index (χ2v) is 5.52. The highest BCUT2D eigenvalue weighted by Crippen LogP contribution is 2.42. The molecule has 3 rings (SSSR count). The van der Waals surface area contributed by atoms with Crippen LogP contribution in [0.5, 0.6) is 17.2 Å². The summed E-state index contributed by atoms with van der Waals surface area (Å²) in [5.74, 6) is 2.14. The summed E-state index contributed by atoms with van der Waals surface area (Å²) in [6.45, 7) is 3.32. The minimum Gasteiger partial charge on any atom is -0.493 e. The molecule has 1 aliphatic rings. The summed E-state index contributed by atoms with van der Waals surface area (Å²) in [7, 11) is 1.64. The number of rotatable bonds is 7. The molecule has 0 aliphatic carbocycles. The number of ether oxygens (including phenoxy) is 3. The van der Waals surface area contributed by atoms with Gasteiger partial charge in [-0.15, -0.1) is 0 Å². The van der Waals surface area contributed by atoms with Crippen LogP contribution in [-0.2, 0) is 13.1 Å². The fraction of sp³-hybridized carbons (Fsp3) is 0.333. The first-order valence-corrected chi connectivity index (χ1v) is 7.73. The minimum absolute atomic E-state index is 0.242. The zero-order valence-corrected chi connectivity index (χ0v) is 13.3. The predicted molar refractivity (Wildman–Crippen MR) is 88.7 cm³/mol. The molecule has 0 radical (unpaired) electrons. The Kier molecular flexibility index (Phi) is 5.00. The maximum Gasteiger partial charge on any atom is 0.231 e. The van der Waals surface area contributed by atoms with E-state index in [1.807, 2.05) is 18.2 Å². The summed E-state index contributed by atoms with van der Waals surface area (Å²) in [5.41, 5.74) is 8.16. The molecule has 2 aromatic carbocycles. The van der Waals surface area contributed by atoms with Crippen LogP contribution in [0.15, 0.2) is 42.5 Å². The van der Waals surface area contributed by atoms with Crippen LogP contribution < -0.4 is 19.9 Å². The molecule has 5 nitrogen and oxygen atoms in total. The van der Waals surface area contributed by atoms with E-state index >= 15 is 0 Å². The van der Waals surface area contributed by atoms with Crippen molar-refractivity contribution in [3.05, 3.63) is 53.6 Å². The highest BCUT2D eigenvalue weighted by molar-refractivity contribution is 5.55. The summed E-state index contributed by atoms with van der Waals surface area (Å²) >= 11 is 0. The van der Waals surface area contributed by atoms with E-state index in [4.69, 9.17) is 19.9 Å². The van der Waals surface area contributed by atoms with Crippen molar-refractivity contribution in [1.82, 2.24) is 4.90 Å². The number of hydrogen-bond acceptors (Lipinski definition) is 5. The maximum absolute atomic E-state index is 5.77. The number of hydrogen-bond donors (Lipinski definition) is 1. The lowest BCUT2D eigenvalue weighted by atomic mass is 10.1. The Morgan fingerprint density at radius 1 is 1.09 bits per heavy atom. The molecule has 5 heteroatoms. The zero-order chi connectivity index (χ0) is 16.1. The number of nitrogens with two attached hydrogens (primary N) is 1. The quantitative estimate of drug-likeness (QED) is 0.850. The Balaban J connectivity index is 1.77. The molecule has 122 valence electrons. The topological polar surface area (TPSA) is 57.0 Å².